The second kappa shape index (κ2) is 12.1. The SMILES string of the molecule is COC1CCC2(CC1)Cc1ccc(Br)cc1C2=O.[C-]#[N+]c1cccc(-c2ccc3c(c2)C(=O)C2(CCC(OC)CC2)C3)c1. The molecule has 0 heterocycles. The van der Waals surface area contributed by atoms with E-state index in [9.17, 15) is 9.59 Å². The summed E-state index contributed by atoms with van der Waals surface area (Å²) >= 11 is 3.45. The Morgan fingerprint density at radius 2 is 1.23 bits per heavy atom. The number of ether oxygens (including phenoxy) is 2. The van der Waals surface area contributed by atoms with Crippen LogP contribution in [0.2, 0.25) is 0 Å². The van der Waals surface area contributed by atoms with Crippen LogP contribution in [0.15, 0.2) is 65.1 Å². The van der Waals surface area contributed by atoms with Crippen LogP contribution in [-0.4, -0.2) is 38.0 Å². The van der Waals surface area contributed by atoms with Crippen LogP contribution >= 0.6 is 15.9 Å². The topological polar surface area (TPSA) is 57.0 Å². The average molecular weight is 641 g/mol. The van der Waals surface area contributed by atoms with Gasteiger partial charge in [0.1, 0.15) is 0 Å². The van der Waals surface area contributed by atoms with E-state index in [1.54, 1.807) is 20.3 Å². The van der Waals surface area contributed by atoms with Gasteiger partial charge in [0.05, 0.1) is 18.8 Å². The normalized spacial score (nSPS) is 27.4. The molecular weight excluding hydrogens is 602 g/mol. The van der Waals surface area contributed by atoms with Crippen molar-refractivity contribution in [3.8, 4) is 11.1 Å². The zero-order valence-corrected chi connectivity index (χ0v) is 26.5. The van der Waals surface area contributed by atoms with E-state index in [4.69, 9.17) is 16.0 Å². The quantitative estimate of drug-likeness (QED) is 0.268. The molecule has 0 amide bonds. The summed E-state index contributed by atoms with van der Waals surface area (Å²) in [5.41, 5.74) is 6.49. The number of methoxy groups -OCH3 is 2. The van der Waals surface area contributed by atoms with E-state index in [2.05, 4.69) is 39.0 Å². The summed E-state index contributed by atoms with van der Waals surface area (Å²) in [6, 6.07) is 19.9. The molecule has 0 N–H and O–H groups in total. The standard InChI is InChI=1S/C22H21NO2.C15H17BrO2/c1-23-18-5-3-4-15(12-18)16-6-7-17-14-22(21(24)20(17)13-16)10-8-19(25-2)9-11-22;1-18-12-4-6-15(7-5-12)9-10-2-3-11(16)8-13(10)14(15)17/h3-7,12-13,19H,8-11,14H2,2H3;2-3,8,12H,4-7,9H2,1H3. The predicted molar refractivity (Wildman–Crippen MR) is 172 cm³/mol. The van der Waals surface area contributed by atoms with E-state index in [1.807, 2.05) is 36.4 Å². The lowest BCUT2D eigenvalue weighted by atomic mass is 9.70. The maximum absolute atomic E-state index is 13.2. The highest BCUT2D eigenvalue weighted by Gasteiger charge is 2.48. The third-order valence-electron chi connectivity index (χ3n) is 10.4. The van der Waals surface area contributed by atoms with Crippen molar-refractivity contribution in [2.75, 3.05) is 14.2 Å². The van der Waals surface area contributed by atoms with Gasteiger partial charge in [-0.1, -0.05) is 52.3 Å². The molecule has 5 nitrogen and oxygen atoms in total. The molecule has 43 heavy (non-hydrogen) atoms. The van der Waals surface area contributed by atoms with Gasteiger partial charge in [0.15, 0.2) is 17.3 Å². The predicted octanol–water partition coefficient (Wildman–Crippen LogP) is 8.98. The van der Waals surface area contributed by atoms with Crippen LogP contribution < -0.4 is 0 Å². The first-order chi connectivity index (χ1) is 20.8. The lowest BCUT2D eigenvalue weighted by molar-refractivity contribution is 0.0282. The van der Waals surface area contributed by atoms with Crippen LogP contribution in [0.4, 0.5) is 5.69 Å². The zero-order chi connectivity index (χ0) is 30.2. The van der Waals surface area contributed by atoms with Crippen LogP contribution in [-0.2, 0) is 22.3 Å². The zero-order valence-electron chi connectivity index (χ0n) is 25.0. The molecule has 222 valence electrons. The molecule has 4 aliphatic rings. The molecule has 0 atom stereocenters. The third-order valence-corrected chi connectivity index (χ3v) is 10.9. The number of fused-ring (bicyclic) bond motifs is 2. The largest absolute Gasteiger partial charge is 0.381 e. The van der Waals surface area contributed by atoms with Crippen molar-refractivity contribution in [1.82, 2.24) is 0 Å². The molecule has 2 spiro atoms. The molecule has 0 radical (unpaired) electrons. The van der Waals surface area contributed by atoms with Gasteiger partial charge in [-0.2, -0.15) is 0 Å². The van der Waals surface area contributed by atoms with Crippen molar-refractivity contribution in [1.29, 1.82) is 0 Å². The molecule has 7 rings (SSSR count). The number of nitrogens with zero attached hydrogens (tertiary/aromatic N) is 1. The third kappa shape index (κ3) is 5.64. The van der Waals surface area contributed by atoms with Crippen LogP contribution in [0.5, 0.6) is 0 Å². The van der Waals surface area contributed by atoms with Crippen molar-refractivity contribution in [2.24, 2.45) is 10.8 Å². The van der Waals surface area contributed by atoms with Gasteiger partial charge in [-0.15, -0.1) is 0 Å². The maximum atomic E-state index is 13.2. The second-order valence-electron chi connectivity index (χ2n) is 12.8. The number of hydrogen-bond acceptors (Lipinski definition) is 4. The molecular formula is C37H38BrNO4. The molecule has 0 aliphatic heterocycles. The van der Waals surface area contributed by atoms with Crippen molar-refractivity contribution in [3.63, 3.8) is 0 Å². The summed E-state index contributed by atoms with van der Waals surface area (Å²) in [6.45, 7) is 7.18. The van der Waals surface area contributed by atoms with E-state index in [-0.39, 0.29) is 10.8 Å². The van der Waals surface area contributed by atoms with Gasteiger partial charge in [-0.05, 0) is 111 Å². The Balaban J connectivity index is 0.000000162. The van der Waals surface area contributed by atoms with Gasteiger partial charge in [0.2, 0.25) is 0 Å². The van der Waals surface area contributed by atoms with Crippen LogP contribution in [0.25, 0.3) is 16.0 Å². The minimum Gasteiger partial charge on any atom is -0.381 e. The Morgan fingerprint density at radius 1 is 0.721 bits per heavy atom. The summed E-state index contributed by atoms with van der Waals surface area (Å²) in [5.74, 6) is 0.661. The number of Topliss-reactive ketones (excluding diaryl/α,β-unsaturated/α-hetero) is 2. The number of carbonyl (C=O) groups excluding carboxylic acids is 2. The first-order valence-electron chi connectivity index (χ1n) is 15.3. The van der Waals surface area contributed by atoms with Crippen molar-refractivity contribution < 1.29 is 19.1 Å². The molecule has 0 aromatic heterocycles. The number of ketones is 2. The van der Waals surface area contributed by atoms with Gasteiger partial charge in [0.25, 0.3) is 0 Å². The number of hydrogen-bond donors (Lipinski definition) is 0. The smallest absolute Gasteiger partial charge is 0.187 e. The Kier molecular flexibility index (Phi) is 8.43. The Morgan fingerprint density at radius 3 is 1.77 bits per heavy atom. The highest BCUT2D eigenvalue weighted by molar-refractivity contribution is 9.10. The summed E-state index contributed by atoms with van der Waals surface area (Å²) in [7, 11) is 3.53. The van der Waals surface area contributed by atoms with Crippen LogP contribution in [0.1, 0.15) is 83.2 Å². The summed E-state index contributed by atoms with van der Waals surface area (Å²) < 4.78 is 11.9. The summed E-state index contributed by atoms with van der Waals surface area (Å²) in [4.78, 5) is 29.3. The Bertz CT molecular complexity index is 1590. The van der Waals surface area contributed by atoms with E-state index < -0.39 is 0 Å². The number of halogens is 1. The first kappa shape index (κ1) is 29.9. The average Bonchev–Trinajstić information content (AvgIpc) is 3.47. The van der Waals surface area contributed by atoms with Gasteiger partial charge in [-0.3, -0.25) is 9.59 Å². The molecule has 6 heteroatoms. The summed E-state index contributed by atoms with van der Waals surface area (Å²) in [6.07, 6.45) is 10.2. The molecule has 0 saturated heterocycles. The lowest BCUT2D eigenvalue weighted by Gasteiger charge is -2.35. The van der Waals surface area contributed by atoms with Gasteiger partial charge in [-0.25, -0.2) is 4.85 Å². The van der Waals surface area contributed by atoms with E-state index in [1.165, 1.54) is 11.1 Å². The monoisotopic (exact) mass is 639 g/mol. The van der Waals surface area contributed by atoms with Gasteiger partial charge < -0.3 is 9.47 Å². The van der Waals surface area contributed by atoms with E-state index >= 15 is 0 Å². The molecule has 4 aliphatic carbocycles. The minimum atomic E-state index is -0.214. The van der Waals surface area contributed by atoms with Crippen molar-refractivity contribution in [2.45, 2.75) is 76.4 Å². The number of rotatable bonds is 3. The Labute approximate surface area is 262 Å². The van der Waals surface area contributed by atoms with Crippen molar-refractivity contribution >= 4 is 33.2 Å². The highest BCUT2D eigenvalue weighted by Crippen LogP contribution is 2.49. The van der Waals surface area contributed by atoms with Crippen LogP contribution in [0, 0.1) is 17.4 Å². The highest BCUT2D eigenvalue weighted by atomic mass is 79.9. The first-order valence-corrected chi connectivity index (χ1v) is 16.1. The van der Waals surface area contributed by atoms with Gasteiger partial charge >= 0.3 is 0 Å². The van der Waals surface area contributed by atoms with E-state index in [0.29, 0.717) is 29.5 Å². The second-order valence-corrected chi connectivity index (χ2v) is 13.7. The molecule has 2 saturated carbocycles. The fourth-order valence-corrected chi connectivity index (χ4v) is 8.18. The van der Waals surface area contributed by atoms with Crippen molar-refractivity contribution in [3.05, 3.63) is 98.8 Å². The molecule has 3 aromatic carbocycles. The maximum Gasteiger partial charge on any atom is 0.187 e. The summed E-state index contributed by atoms with van der Waals surface area (Å²) in [5, 5.41) is 0. The number of carbonyl (C=O) groups is 2. The lowest BCUT2D eigenvalue weighted by Crippen LogP contribution is -2.35. The fourth-order valence-electron chi connectivity index (χ4n) is 7.82. The van der Waals surface area contributed by atoms with Crippen LogP contribution in [0.3, 0.4) is 0 Å². The molecule has 0 unspecified atom stereocenters. The molecule has 3 aromatic rings. The Hall–Kier alpha value is -3.11. The van der Waals surface area contributed by atoms with Gasteiger partial charge in [0, 0.05) is 40.6 Å². The molecule has 2 fully saturated rings. The molecule has 0 bridgehead atoms. The number of benzene rings is 3. The van der Waals surface area contributed by atoms with E-state index in [0.717, 1.165) is 90.9 Å². The minimum absolute atomic E-state index is 0.127. The fraction of sp³-hybridized carbons (Fsp3) is 0.432.